The number of piperidine rings is 1. The molecule has 2 aliphatic rings. The smallest absolute Gasteiger partial charge is 0.410 e. The highest BCUT2D eigenvalue weighted by atomic mass is 79.9. The van der Waals surface area contributed by atoms with E-state index in [2.05, 4.69) is 20.9 Å². The second-order valence-electron chi connectivity index (χ2n) is 6.03. The summed E-state index contributed by atoms with van der Waals surface area (Å²) in [5, 5.41) is 0. The highest BCUT2D eigenvalue weighted by Gasteiger charge is 2.42. The van der Waals surface area contributed by atoms with Crippen LogP contribution in [0.2, 0.25) is 0 Å². The number of rotatable bonds is 2. The summed E-state index contributed by atoms with van der Waals surface area (Å²) >= 11 is 5.13. The summed E-state index contributed by atoms with van der Waals surface area (Å²) in [6.45, 7) is 0.328. The zero-order chi connectivity index (χ0) is 15.8. The summed E-state index contributed by atoms with van der Waals surface area (Å²) < 4.78 is 6.50. The van der Waals surface area contributed by atoms with Crippen LogP contribution in [0, 0.1) is 0 Å². The van der Waals surface area contributed by atoms with Crippen molar-refractivity contribution in [2.75, 3.05) is 0 Å². The summed E-state index contributed by atoms with van der Waals surface area (Å²) in [4.78, 5) is 20.4. The van der Waals surface area contributed by atoms with Crippen LogP contribution in [0.3, 0.4) is 0 Å². The molecule has 4 nitrogen and oxygen atoms in total. The number of carbonyl (C=O) groups is 1. The Hall–Kier alpha value is -1.40. The molecule has 1 saturated heterocycles. The number of thiazole rings is 1. The van der Waals surface area contributed by atoms with Gasteiger partial charge in [-0.15, -0.1) is 11.3 Å². The Bertz CT molecular complexity index is 719. The molecule has 0 N–H and O–H groups in total. The summed E-state index contributed by atoms with van der Waals surface area (Å²) in [6, 6.07) is 10.2. The van der Waals surface area contributed by atoms with E-state index < -0.39 is 0 Å². The first-order valence-corrected chi connectivity index (χ1v) is 9.47. The lowest BCUT2D eigenvalue weighted by Crippen LogP contribution is -2.49. The fourth-order valence-corrected chi connectivity index (χ4v) is 5.26. The van der Waals surface area contributed by atoms with E-state index in [9.17, 15) is 4.79 Å². The molecule has 23 heavy (non-hydrogen) atoms. The van der Waals surface area contributed by atoms with E-state index in [1.807, 2.05) is 35.2 Å². The molecule has 0 spiro atoms. The number of amides is 1. The van der Waals surface area contributed by atoms with E-state index in [1.165, 1.54) is 4.88 Å². The van der Waals surface area contributed by atoms with Gasteiger partial charge in [0.15, 0.2) is 3.92 Å². The number of benzene rings is 1. The molecular weight excluding hydrogens is 376 g/mol. The van der Waals surface area contributed by atoms with E-state index in [0.717, 1.165) is 40.9 Å². The molecule has 0 aliphatic carbocycles. The van der Waals surface area contributed by atoms with Crippen molar-refractivity contribution < 1.29 is 9.53 Å². The Labute approximate surface area is 147 Å². The fraction of sp³-hybridized carbons (Fsp3) is 0.412. The molecule has 4 rings (SSSR count). The second-order valence-corrected chi connectivity index (χ2v) is 8.34. The molecule has 2 unspecified atom stereocenters. The Kier molecular flexibility index (Phi) is 4.11. The molecule has 120 valence electrons. The van der Waals surface area contributed by atoms with Crippen molar-refractivity contribution in [1.82, 2.24) is 9.88 Å². The van der Waals surface area contributed by atoms with Gasteiger partial charge in [0.1, 0.15) is 6.61 Å². The molecule has 1 aromatic carbocycles. The number of aromatic nitrogens is 1. The van der Waals surface area contributed by atoms with Gasteiger partial charge >= 0.3 is 6.09 Å². The maximum atomic E-state index is 12.7. The van der Waals surface area contributed by atoms with Crippen LogP contribution in [-0.4, -0.2) is 22.0 Å². The fourth-order valence-electron chi connectivity index (χ4n) is 3.57. The second kappa shape index (κ2) is 6.24. The van der Waals surface area contributed by atoms with Crippen molar-refractivity contribution in [1.29, 1.82) is 0 Å². The maximum Gasteiger partial charge on any atom is 0.410 e. The van der Waals surface area contributed by atoms with Crippen LogP contribution in [0.1, 0.15) is 41.4 Å². The molecule has 3 heterocycles. The minimum Gasteiger partial charge on any atom is -0.445 e. The number of ether oxygens (including phenoxy) is 1. The van der Waals surface area contributed by atoms with Crippen LogP contribution < -0.4 is 0 Å². The van der Waals surface area contributed by atoms with Crippen molar-refractivity contribution in [3.63, 3.8) is 0 Å². The molecule has 2 bridgehead atoms. The summed E-state index contributed by atoms with van der Waals surface area (Å²) in [5.41, 5.74) is 2.17. The first-order valence-electron chi connectivity index (χ1n) is 7.86. The number of hydrogen-bond acceptors (Lipinski definition) is 4. The summed E-state index contributed by atoms with van der Waals surface area (Å²) in [5.74, 6) is 0. The minimum atomic E-state index is -0.196. The van der Waals surface area contributed by atoms with Crippen LogP contribution in [0.15, 0.2) is 34.2 Å². The van der Waals surface area contributed by atoms with Crippen molar-refractivity contribution in [2.45, 2.75) is 44.4 Å². The molecule has 1 amide bonds. The number of carbonyl (C=O) groups excluding carboxylic acids is 1. The van der Waals surface area contributed by atoms with Crippen LogP contribution in [-0.2, 0) is 17.8 Å². The third-order valence-corrected chi connectivity index (χ3v) is 6.24. The highest BCUT2D eigenvalue weighted by Crippen LogP contribution is 2.45. The van der Waals surface area contributed by atoms with Crippen LogP contribution in [0.25, 0.3) is 0 Å². The highest BCUT2D eigenvalue weighted by molar-refractivity contribution is 9.11. The Morgan fingerprint density at radius 2 is 2.17 bits per heavy atom. The van der Waals surface area contributed by atoms with Gasteiger partial charge in [0.25, 0.3) is 0 Å². The first kappa shape index (κ1) is 15.1. The van der Waals surface area contributed by atoms with Gasteiger partial charge in [-0.1, -0.05) is 30.3 Å². The van der Waals surface area contributed by atoms with Crippen molar-refractivity contribution >= 4 is 33.4 Å². The lowest BCUT2D eigenvalue weighted by Gasteiger charge is -2.44. The molecule has 2 atom stereocenters. The van der Waals surface area contributed by atoms with Gasteiger partial charge in [-0.25, -0.2) is 9.78 Å². The standard InChI is InChI=1S/C17H17BrN2O2S/c18-16-19-13-9-12-7-4-8-14(15(13)23-16)20(12)17(21)22-10-11-5-2-1-3-6-11/h1-3,5-6,12,14H,4,7-10H2. The quantitative estimate of drug-likeness (QED) is 0.743. The minimum absolute atomic E-state index is 0.129. The van der Waals surface area contributed by atoms with Gasteiger partial charge in [-0.2, -0.15) is 0 Å². The Morgan fingerprint density at radius 1 is 1.35 bits per heavy atom. The monoisotopic (exact) mass is 392 g/mol. The number of fused-ring (bicyclic) bond motifs is 4. The molecule has 1 aromatic heterocycles. The average Bonchev–Trinajstić information content (AvgIpc) is 2.93. The number of hydrogen-bond donors (Lipinski definition) is 0. The van der Waals surface area contributed by atoms with Gasteiger partial charge in [-0.05, 0) is 40.8 Å². The molecule has 2 aromatic rings. The Balaban J connectivity index is 1.53. The molecule has 0 radical (unpaired) electrons. The first-order chi connectivity index (χ1) is 11.2. The van der Waals surface area contributed by atoms with Gasteiger partial charge in [-0.3, -0.25) is 4.90 Å². The van der Waals surface area contributed by atoms with Gasteiger partial charge in [0.05, 0.1) is 16.6 Å². The predicted octanol–water partition coefficient (Wildman–Crippen LogP) is 4.69. The van der Waals surface area contributed by atoms with Gasteiger partial charge in [0.2, 0.25) is 0 Å². The maximum absolute atomic E-state index is 12.7. The van der Waals surface area contributed by atoms with Crippen LogP contribution in [0.5, 0.6) is 0 Å². The lowest BCUT2D eigenvalue weighted by atomic mass is 9.86. The van der Waals surface area contributed by atoms with E-state index in [4.69, 9.17) is 4.74 Å². The molecular formula is C17H17BrN2O2S. The lowest BCUT2D eigenvalue weighted by molar-refractivity contribution is 0.0355. The zero-order valence-electron chi connectivity index (χ0n) is 12.6. The Morgan fingerprint density at radius 3 is 3.00 bits per heavy atom. The molecule has 0 saturated carbocycles. The van der Waals surface area contributed by atoms with Crippen LogP contribution in [0.4, 0.5) is 4.79 Å². The van der Waals surface area contributed by atoms with Crippen molar-refractivity contribution in [3.05, 3.63) is 50.4 Å². The number of halogens is 1. The average molecular weight is 393 g/mol. The molecule has 6 heteroatoms. The third kappa shape index (κ3) is 2.90. The largest absolute Gasteiger partial charge is 0.445 e. The van der Waals surface area contributed by atoms with E-state index >= 15 is 0 Å². The summed E-state index contributed by atoms with van der Waals surface area (Å²) in [7, 11) is 0. The molecule has 2 aliphatic heterocycles. The van der Waals surface area contributed by atoms with E-state index in [1.54, 1.807) is 11.3 Å². The topological polar surface area (TPSA) is 42.4 Å². The predicted molar refractivity (Wildman–Crippen MR) is 92.4 cm³/mol. The summed E-state index contributed by atoms with van der Waals surface area (Å²) in [6.07, 6.45) is 3.84. The van der Waals surface area contributed by atoms with Gasteiger partial charge in [0, 0.05) is 12.5 Å². The third-order valence-electron chi connectivity index (χ3n) is 4.59. The van der Waals surface area contributed by atoms with E-state index in [-0.39, 0.29) is 18.2 Å². The normalized spacial score (nSPS) is 22.6. The number of nitrogens with zero attached hydrogens (tertiary/aromatic N) is 2. The van der Waals surface area contributed by atoms with Crippen LogP contribution >= 0.6 is 27.3 Å². The SMILES string of the molecule is O=C(OCc1ccccc1)N1C2CCCC1c1sc(Br)nc1C2. The zero-order valence-corrected chi connectivity index (χ0v) is 15.0. The van der Waals surface area contributed by atoms with E-state index in [0.29, 0.717) is 6.61 Å². The van der Waals surface area contributed by atoms with Crippen molar-refractivity contribution in [2.24, 2.45) is 0 Å². The van der Waals surface area contributed by atoms with Crippen molar-refractivity contribution in [3.8, 4) is 0 Å². The van der Waals surface area contributed by atoms with Gasteiger partial charge < -0.3 is 4.74 Å². The molecule has 1 fully saturated rings.